The zero-order valence-corrected chi connectivity index (χ0v) is 20.3. The van der Waals surface area contributed by atoms with E-state index in [9.17, 15) is 19.2 Å². The van der Waals surface area contributed by atoms with E-state index in [1.165, 1.54) is 14.1 Å². The van der Waals surface area contributed by atoms with Gasteiger partial charge < -0.3 is 9.47 Å². The Labute approximate surface area is 207 Å². The van der Waals surface area contributed by atoms with Gasteiger partial charge >= 0.3 is 0 Å². The number of carbonyl (C=O) groups excluding carboxylic acids is 4. The molecule has 186 valence electrons. The molecule has 6 rings (SSSR count). The molecule has 10 nitrogen and oxygen atoms in total. The van der Waals surface area contributed by atoms with E-state index in [4.69, 9.17) is 9.47 Å². The van der Waals surface area contributed by atoms with Crippen LogP contribution in [0.4, 0.5) is 0 Å². The summed E-state index contributed by atoms with van der Waals surface area (Å²) in [5, 5.41) is 3.67. The quantitative estimate of drug-likeness (QED) is 0.586. The number of methoxy groups -OCH3 is 2. The van der Waals surface area contributed by atoms with Gasteiger partial charge in [-0.3, -0.25) is 29.0 Å². The van der Waals surface area contributed by atoms with Crippen LogP contribution in [0, 0.1) is 11.8 Å². The fourth-order valence-corrected chi connectivity index (χ4v) is 6.38. The Bertz CT molecular complexity index is 1180. The summed E-state index contributed by atoms with van der Waals surface area (Å²) in [6.45, 7) is 0. The maximum absolute atomic E-state index is 13.5. The minimum atomic E-state index is -0.821. The standard InChI is InChI=1S/C26H26N4O6/c1-27-23(31)17-19(13-5-9-15(35-3)10-6-13)30-22-18(24(32)28(2)26(22)34)20(29(30)21(17)25(27)33)14-7-11-16(36-4)12-8-14/h5-12,17-22H,1-4H3/t17-,18+,19-,20+,21-,22-/m1/s1. The lowest BCUT2D eigenvalue weighted by molar-refractivity contribution is -0.151. The molecule has 0 aromatic heterocycles. The van der Waals surface area contributed by atoms with Crippen molar-refractivity contribution in [2.45, 2.75) is 24.2 Å². The van der Waals surface area contributed by atoms with Gasteiger partial charge in [0.25, 0.3) is 0 Å². The number of amides is 4. The first-order valence-electron chi connectivity index (χ1n) is 11.8. The molecule has 4 saturated heterocycles. The molecule has 10 heteroatoms. The number of ether oxygens (including phenoxy) is 2. The summed E-state index contributed by atoms with van der Waals surface area (Å²) in [5.74, 6) is -1.39. The summed E-state index contributed by atoms with van der Waals surface area (Å²) in [4.78, 5) is 56.1. The highest BCUT2D eigenvalue weighted by atomic mass is 16.5. The summed E-state index contributed by atoms with van der Waals surface area (Å²) in [5.41, 5.74) is 1.54. The van der Waals surface area contributed by atoms with Gasteiger partial charge in [0.05, 0.1) is 38.1 Å². The average molecular weight is 491 g/mol. The van der Waals surface area contributed by atoms with E-state index < -0.39 is 36.0 Å². The maximum Gasteiger partial charge on any atom is 0.248 e. The number of hydrogen-bond acceptors (Lipinski definition) is 8. The van der Waals surface area contributed by atoms with Crippen LogP contribution in [0.3, 0.4) is 0 Å². The molecular formula is C26H26N4O6. The molecular weight excluding hydrogens is 464 g/mol. The first-order valence-corrected chi connectivity index (χ1v) is 11.8. The molecule has 36 heavy (non-hydrogen) atoms. The lowest BCUT2D eigenvalue weighted by atomic mass is 9.84. The summed E-state index contributed by atoms with van der Waals surface area (Å²) >= 11 is 0. The number of hydrazine groups is 1. The third kappa shape index (κ3) is 2.79. The molecule has 4 amide bonds. The molecule has 0 N–H and O–H groups in total. The van der Waals surface area contributed by atoms with Crippen molar-refractivity contribution in [1.29, 1.82) is 0 Å². The number of nitrogens with zero attached hydrogens (tertiary/aromatic N) is 4. The smallest absolute Gasteiger partial charge is 0.248 e. The predicted molar refractivity (Wildman–Crippen MR) is 125 cm³/mol. The van der Waals surface area contributed by atoms with Gasteiger partial charge in [-0.1, -0.05) is 24.3 Å². The largest absolute Gasteiger partial charge is 0.497 e. The van der Waals surface area contributed by atoms with Crippen molar-refractivity contribution in [2.24, 2.45) is 11.8 Å². The molecule has 2 aromatic rings. The van der Waals surface area contributed by atoms with E-state index in [0.29, 0.717) is 11.5 Å². The van der Waals surface area contributed by atoms with E-state index in [1.807, 2.05) is 34.3 Å². The average Bonchev–Trinajstić information content (AvgIpc) is 3.55. The molecule has 0 spiro atoms. The van der Waals surface area contributed by atoms with Gasteiger partial charge in [-0.05, 0) is 35.4 Å². The molecule has 4 aliphatic heterocycles. The van der Waals surface area contributed by atoms with Crippen LogP contribution in [0.5, 0.6) is 11.5 Å². The number of likely N-dealkylation sites (tertiary alicyclic amines) is 2. The number of fused-ring (bicyclic) bond motifs is 5. The minimum Gasteiger partial charge on any atom is -0.497 e. The molecule has 4 aliphatic rings. The second-order valence-electron chi connectivity index (χ2n) is 9.61. The van der Waals surface area contributed by atoms with Crippen LogP contribution in [0.25, 0.3) is 0 Å². The second-order valence-corrected chi connectivity index (χ2v) is 9.61. The Balaban J connectivity index is 1.55. The summed E-state index contributed by atoms with van der Waals surface area (Å²) in [6.07, 6.45) is 0. The SMILES string of the molecule is COc1ccc([C@@H]2[C@H]3C(=O)N(C)C(=O)[C@@H]3N3[C@@H](c4ccc(OC)cc4)[C@@H]4C(=O)N(C)C(=O)[C@@H]4N23)cc1. The first kappa shape index (κ1) is 22.7. The van der Waals surface area contributed by atoms with Gasteiger partial charge in [0.1, 0.15) is 23.6 Å². The van der Waals surface area contributed by atoms with E-state index in [0.717, 1.165) is 20.9 Å². The third-order valence-corrected chi connectivity index (χ3v) is 8.08. The van der Waals surface area contributed by atoms with Gasteiger partial charge in [0, 0.05) is 14.1 Å². The van der Waals surface area contributed by atoms with Crippen molar-refractivity contribution in [3.63, 3.8) is 0 Å². The molecule has 0 aliphatic carbocycles. The predicted octanol–water partition coefficient (Wildman–Crippen LogP) is 0.999. The van der Waals surface area contributed by atoms with Gasteiger partial charge in [-0.15, -0.1) is 0 Å². The van der Waals surface area contributed by atoms with Crippen molar-refractivity contribution in [3.8, 4) is 11.5 Å². The Morgan fingerprint density at radius 2 is 0.861 bits per heavy atom. The highest BCUT2D eigenvalue weighted by molar-refractivity contribution is 6.10. The van der Waals surface area contributed by atoms with Crippen LogP contribution >= 0.6 is 0 Å². The number of benzene rings is 2. The highest BCUT2D eigenvalue weighted by Gasteiger charge is 2.72. The van der Waals surface area contributed by atoms with Gasteiger partial charge in [-0.25, -0.2) is 10.0 Å². The van der Waals surface area contributed by atoms with Crippen molar-refractivity contribution < 1.29 is 28.7 Å². The molecule has 0 bridgehead atoms. The fourth-order valence-electron chi connectivity index (χ4n) is 6.38. The monoisotopic (exact) mass is 490 g/mol. The Morgan fingerprint density at radius 1 is 0.528 bits per heavy atom. The Kier molecular flexibility index (Phi) is 4.96. The van der Waals surface area contributed by atoms with Gasteiger partial charge in [0.15, 0.2) is 0 Å². The lowest BCUT2D eigenvalue weighted by Gasteiger charge is -2.35. The fraction of sp³-hybridized carbons (Fsp3) is 0.385. The molecule has 0 saturated carbocycles. The van der Waals surface area contributed by atoms with Crippen LogP contribution < -0.4 is 9.47 Å². The van der Waals surface area contributed by atoms with Crippen LogP contribution in [-0.4, -0.2) is 83.8 Å². The molecule has 0 radical (unpaired) electrons. The number of carbonyl (C=O) groups is 4. The number of likely N-dealkylation sites (N-methyl/N-ethyl adjacent to an activating group) is 2. The molecule has 2 aromatic carbocycles. The number of hydrogen-bond donors (Lipinski definition) is 0. The minimum absolute atomic E-state index is 0.296. The lowest BCUT2D eigenvalue weighted by Crippen LogP contribution is -2.49. The Morgan fingerprint density at radius 3 is 1.17 bits per heavy atom. The zero-order valence-electron chi connectivity index (χ0n) is 20.3. The van der Waals surface area contributed by atoms with E-state index in [2.05, 4.69) is 0 Å². The van der Waals surface area contributed by atoms with Crippen molar-refractivity contribution in [2.75, 3.05) is 28.3 Å². The summed E-state index contributed by atoms with van der Waals surface area (Å²) in [6, 6.07) is 11.7. The summed E-state index contributed by atoms with van der Waals surface area (Å²) in [7, 11) is 6.11. The second kappa shape index (κ2) is 7.87. The topological polar surface area (TPSA) is 99.7 Å². The van der Waals surface area contributed by atoms with Crippen molar-refractivity contribution >= 4 is 23.6 Å². The zero-order chi connectivity index (χ0) is 25.5. The van der Waals surface area contributed by atoms with Crippen LogP contribution in [0.15, 0.2) is 48.5 Å². The van der Waals surface area contributed by atoms with E-state index in [-0.39, 0.29) is 23.6 Å². The van der Waals surface area contributed by atoms with Gasteiger partial charge in [0.2, 0.25) is 23.6 Å². The van der Waals surface area contributed by atoms with Crippen LogP contribution in [0.2, 0.25) is 0 Å². The highest BCUT2D eigenvalue weighted by Crippen LogP contribution is 2.58. The van der Waals surface area contributed by atoms with Crippen LogP contribution in [0.1, 0.15) is 23.2 Å². The number of rotatable bonds is 4. The molecule has 4 fully saturated rings. The molecule has 0 unspecified atom stereocenters. The molecule has 6 atom stereocenters. The van der Waals surface area contributed by atoms with E-state index >= 15 is 0 Å². The van der Waals surface area contributed by atoms with Crippen molar-refractivity contribution in [1.82, 2.24) is 19.8 Å². The summed E-state index contributed by atoms with van der Waals surface area (Å²) < 4.78 is 10.6. The number of imide groups is 2. The van der Waals surface area contributed by atoms with Gasteiger partial charge in [-0.2, -0.15) is 0 Å². The Hall–Kier alpha value is -3.76. The first-order chi connectivity index (χ1) is 17.3. The maximum atomic E-state index is 13.5. The van der Waals surface area contributed by atoms with E-state index in [1.54, 1.807) is 38.5 Å². The van der Waals surface area contributed by atoms with Crippen LogP contribution in [-0.2, 0) is 19.2 Å². The third-order valence-electron chi connectivity index (χ3n) is 8.08. The van der Waals surface area contributed by atoms with Crippen molar-refractivity contribution in [3.05, 3.63) is 59.7 Å². The normalized spacial score (nSPS) is 31.8. The molecule has 4 heterocycles.